The van der Waals surface area contributed by atoms with Crippen LogP contribution in [-0.2, 0) is 30.7 Å². The van der Waals surface area contributed by atoms with Crippen molar-refractivity contribution in [2.45, 2.75) is 39.8 Å². The number of benzene rings is 2. The number of hydrogen-bond donors (Lipinski definition) is 2. The lowest BCUT2D eigenvalue weighted by Gasteiger charge is -2.15. The molecule has 126 valence electrons. The maximum Gasteiger partial charge on any atom is 0.221 e. The fourth-order valence-corrected chi connectivity index (χ4v) is 3.27. The lowest BCUT2D eigenvalue weighted by molar-refractivity contribution is -0.114. The Kier molecular flexibility index (Phi) is 4.86. The first-order valence-electron chi connectivity index (χ1n) is 8.47. The molecule has 3 rings (SSSR count). The molecule has 1 aliphatic heterocycles. The summed E-state index contributed by atoms with van der Waals surface area (Å²) in [7, 11) is 0. The summed E-state index contributed by atoms with van der Waals surface area (Å²) in [5, 5.41) is 12.6. The van der Waals surface area contributed by atoms with Gasteiger partial charge in [0.1, 0.15) is 5.75 Å². The van der Waals surface area contributed by atoms with E-state index in [0.29, 0.717) is 5.75 Å². The molecule has 2 aromatic rings. The van der Waals surface area contributed by atoms with E-state index in [-0.39, 0.29) is 5.91 Å². The zero-order valence-corrected chi connectivity index (χ0v) is 14.3. The molecule has 4 heteroatoms. The fraction of sp³-hybridized carbons (Fsp3) is 0.350. The molecule has 0 unspecified atom stereocenters. The minimum Gasteiger partial charge on any atom is -0.508 e. The summed E-state index contributed by atoms with van der Waals surface area (Å²) in [4.78, 5) is 13.6. The van der Waals surface area contributed by atoms with E-state index in [2.05, 4.69) is 35.3 Å². The lowest BCUT2D eigenvalue weighted by atomic mass is 10.1. The van der Waals surface area contributed by atoms with Gasteiger partial charge in [-0.3, -0.25) is 9.69 Å². The van der Waals surface area contributed by atoms with Gasteiger partial charge in [-0.2, -0.15) is 0 Å². The molecule has 0 fully saturated rings. The van der Waals surface area contributed by atoms with Crippen LogP contribution in [0, 0.1) is 0 Å². The number of phenolic OH excluding ortho intramolecular Hbond substituents is 1. The molecule has 0 radical (unpaired) electrons. The number of aryl methyl sites for hydroxylation is 1. The molecule has 1 heterocycles. The topological polar surface area (TPSA) is 52.6 Å². The molecular weight excluding hydrogens is 300 g/mol. The van der Waals surface area contributed by atoms with E-state index in [4.69, 9.17) is 0 Å². The summed E-state index contributed by atoms with van der Waals surface area (Å²) < 4.78 is 0. The third-order valence-corrected chi connectivity index (χ3v) is 4.56. The highest BCUT2D eigenvalue weighted by Gasteiger charge is 2.19. The van der Waals surface area contributed by atoms with Crippen LogP contribution in [0.2, 0.25) is 0 Å². The van der Waals surface area contributed by atoms with Crippen molar-refractivity contribution >= 4 is 11.6 Å². The summed E-state index contributed by atoms with van der Waals surface area (Å²) >= 11 is 0. The van der Waals surface area contributed by atoms with Crippen molar-refractivity contribution in [3.05, 3.63) is 58.7 Å². The number of carbonyl (C=O) groups excluding carboxylic acids is 1. The molecule has 0 atom stereocenters. The number of hydrogen-bond acceptors (Lipinski definition) is 3. The quantitative estimate of drug-likeness (QED) is 0.885. The summed E-state index contributed by atoms with van der Waals surface area (Å²) in [6, 6.07) is 12.1. The molecular formula is C20H24N2O2. The standard InChI is InChI=1S/C20H24N2O2/c1-3-16-10-15(4-7-20(16)24)8-9-22-12-17-5-6-19(21-14(2)23)11-18(17)13-22/h4-7,10-11,24H,3,8-9,12-13H2,1-2H3,(H,21,23). The fourth-order valence-electron chi connectivity index (χ4n) is 3.27. The predicted octanol–water partition coefficient (Wildman–Crippen LogP) is 3.47. The van der Waals surface area contributed by atoms with E-state index >= 15 is 0 Å². The summed E-state index contributed by atoms with van der Waals surface area (Å²) in [6.45, 7) is 6.44. The van der Waals surface area contributed by atoms with Gasteiger partial charge in [0.15, 0.2) is 0 Å². The highest BCUT2D eigenvalue weighted by atomic mass is 16.3. The maximum absolute atomic E-state index is 11.2. The molecule has 2 aromatic carbocycles. The highest BCUT2D eigenvalue weighted by molar-refractivity contribution is 5.88. The third-order valence-electron chi connectivity index (χ3n) is 4.56. The second-order valence-electron chi connectivity index (χ2n) is 6.44. The SMILES string of the molecule is CCc1cc(CCN2Cc3ccc(NC(C)=O)cc3C2)ccc1O. The van der Waals surface area contributed by atoms with E-state index in [1.54, 1.807) is 6.07 Å². The van der Waals surface area contributed by atoms with Gasteiger partial charge in [-0.15, -0.1) is 0 Å². The Morgan fingerprint density at radius 1 is 1.17 bits per heavy atom. The van der Waals surface area contributed by atoms with Gasteiger partial charge in [-0.25, -0.2) is 0 Å². The second kappa shape index (κ2) is 7.05. The molecule has 0 bridgehead atoms. The molecule has 0 aliphatic carbocycles. The van der Waals surface area contributed by atoms with Crippen LogP contribution in [0.1, 0.15) is 36.1 Å². The molecule has 0 saturated carbocycles. The van der Waals surface area contributed by atoms with Gasteiger partial charge in [0.2, 0.25) is 5.91 Å². The first-order valence-corrected chi connectivity index (χ1v) is 8.47. The molecule has 0 spiro atoms. The van der Waals surface area contributed by atoms with E-state index in [1.165, 1.54) is 23.6 Å². The van der Waals surface area contributed by atoms with Crippen LogP contribution in [0.25, 0.3) is 0 Å². The zero-order valence-electron chi connectivity index (χ0n) is 14.3. The van der Waals surface area contributed by atoms with Gasteiger partial charge in [0, 0.05) is 32.2 Å². The summed E-state index contributed by atoms with van der Waals surface area (Å²) in [5.41, 5.74) is 5.77. The van der Waals surface area contributed by atoms with Crippen LogP contribution < -0.4 is 5.32 Å². The average molecular weight is 324 g/mol. The minimum absolute atomic E-state index is 0.0381. The van der Waals surface area contributed by atoms with E-state index < -0.39 is 0 Å². The van der Waals surface area contributed by atoms with Crippen LogP contribution in [0.3, 0.4) is 0 Å². The second-order valence-corrected chi connectivity index (χ2v) is 6.44. The first-order chi connectivity index (χ1) is 11.5. The highest BCUT2D eigenvalue weighted by Crippen LogP contribution is 2.26. The number of nitrogens with one attached hydrogen (secondary N) is 1. The maximum atomic E-state index is 11.2. The first kappa shape index (κ1) is 16.5. The van der Waals surface area contributed by atoms with Gasteiger partial charge in [-0.05, 0) is 53.3 Å². The monoisotopic (exact) mass is 324 g/mol. The number of aromatic hydroxyl groups is 1. The van der Waals surface area contributed by atoms with Crippen molar-refractivity contribution in [1.82, 2.24) is 4.90 Å². The van der Waals surface area contributed by atoms with Crippen LogP contribution >= 0.6 is 0 Å². The number of rotatable bonds is 5. The normalized spacial score (nSPS) is 13.8. The van der Waals surface area contributed by atoms with Gasteiger partial charge in [0.05, 0.1) is 0 Å². The van der Waals surface area contributed by atoms with E-state index in [1.807, 2.05) is 12.1 Å². The Morgan fingerprint density at radius 3 is 2.71 bits per heavy atom. The predicted molar refractivity (Wildman–Crippen MR) is 96.0 cm³/mol. The smallest absolute Gasteiger partial charge is 0.221 e. The number of carbonyl (C=O) groups is 1. The molecule has 1 amide bonds. The molecule has 0 aromatic heterocycles. The molecule has 0 saturated heterocycles. The van der Waals surface area contributed by atoms with Crippen molar-refractivity contribution in [1.29, 1.82) is 0 Å². The number of anilines is 1. The van der Waals surface area contributed by atoms with Gasteiger partial charge in [-0.1, -0.05) is 25.1 Å². The molecule has 4 nitrogen and oxygen atoms in total. The Morgan fingerprint density at radius 2 is 1.96 bits per heavy atom. The summed E-state index contributed by atoms with van der Waals surface area (Å²) in [5.74, 6) is 0.351. The number of nitrogens with zero attached hydrogens (tertiary/aromatic N) is 1. The average Bonchev–Trinajstić information content (AvgIpc) is 2.95. The van der Waals surface area contributed by atoms with Crippen molar-refractivity contribution in [3.8, 4) is 5.75 Å². The van der Waals surface area contributed by atoms with E-state index in [0.717, 1.165) is 43.7 Å². The lowest BCUT2D eigenvalue weighted by Crippen LogP contribution is -2.19. The largest absolute Gasteiger partial charge is 0.508 e. The van der Waals surface area contributed by atoms with Crippen LogP contribution in [0.4, 0.5) is 5.69 Å². The zero-order chi connectivity index (χ0) is 17.1. The third kappa shape index (κ3) is 3.77. The van der Waals surface area contributed by atoms with Crippen LogP contribution in [0.5, 0.6) is 5.75 Å². The van der Waals surface area contributed by atoms with Crippen molar-refractivity contribution in [2.75, 3.05) is 11.9 Å². The number of phenols is 1. The Hall–Kier alpha value is -2.33. The summed E-state index contributed by atoms with van der Waals surface area (Å²) in [6.07, 6.45) is 1.82. The number of fused-ring (bicyclic) bond motifs is 1. The molecule has 24 heavy (non-hydrogen) atoms. The Balaban J connectivity index is 1.61. The van der Waals surface area contributed by atoms with Crippen LogP contribution in [-0.4, -0.2) is 22.5 Å². The Labute approximate surface area is 143 Å². The van der Waals surface area contributed by atoms with Crippen molar-refractivity contribution < 1.29 is 9.90 Å². The van der Waals surface area contributed by atoms with Gasteiger partial charge in [0.25, 0.3) is 0 Å². The Bertz CT molecular complexity index is 755. The van der Waals surface area contributed by atoms with Crippen molar-refractivity contribution in [3.63, 3.8) is 0 Å². The van der Waals surface area contributed by atoms with Crippen molar-refractivity contribution in [2.24, 2.45) is 0 Å². The number of amides is 1. The van der Waals surface area contributed by atoms with E-state index in [9.17, 15) is 9.90 Å². The van der Waals surface area contributed by atoms with Crippen LogP contribution in [0.15, 0.2) is 36.4 Å². The molecule has 2 N–H and O–H groups in total. The molecule has 1 aliphatic rings. The van der Waals surface area contributed by atoms with Gasteiger partial charge >= 0.3 is 0 Å². The minimum atomic E-state index is -0.0381. The van der Waals surface area contributed by atoms with Gasteiger partial charge < -0.3 is 10.4 Å².